The van der Waals surface area contributed by atoms with Crippen LogP contribution in [0, 0.1) is 3.57 Å². The molecule has 0 aliphatic carbocycles. The lowest BCUT2D eigenvalue weighted by atomic mass is 10.1. The van der Waals surface area contributed by atoms with Crippen LogP contribution in [0.15, 0.2) is 48.5 Å². The summed E-state index contributed by atoms with van der Waals surface area (Å²) in [5, 5.41) is 13.3. The number of phenolic OH excluding ortho intramolecular Hbond substituents is 1. The third-order valence-corrected chi connectivity index (χ3v) is 5.56. The number of halogens is 2. The van der Waals surface area contributed by atoms with Crippen molar-refractivity contribution in [1.82, 2.24) is 15.8 Å². The van der Waals surface area contributed by atoms with Gasteiger partial charge < -0.3 is 15.2 Å². The molecule has 0 spiro atoms. The maximum Gasteiger partial charge on any atom is 0.408 e. The van der Waals surface area contributed by atoms with Gasteiger partial charge in [0.25, 0.3) is 11.8 Å². The second-order valence-corrected chi connectivity index (χ2v) is 8.24. The first kappa shape index (κ1) is 24.2. The first-order valence-corrected chi connectivity index (χ1v) is 11.5. The van der Waals surface area contributed by atoms with E-state index in [1.807, 2.05) is 75.5 Å². The van der Waals surface area contributed by atoms with E-state index in [1.54, 1.807) is 12.1 Å². The SMILES string of the molecule is CN(NC(=O)[C@H](Cc1ccc(O)c(I)c1)NC(=O)OCc1ccccc1)C(=O)CI. The third-order valence-electron chi connectivity index (χ3n) is 4.04. The van der Waals surface area contributed by atoms with Gasteiger partial charge in [-0.3, -0.25) is 20.0 Å². The van der Waals surface area contributed by atoms with Gasteiger partial charge in [0.2, 0.25) is 0 Å². The summed E-state index contributed by atoms with van der Waals surface area (Å²) in [5.41, 5.74) is 4.01. The Labute approximate surface area is 201 Å². The monoisotopic (exact) mass is 637 g/mol. The van der Waals surface area contributed by atoms with E-state index in [0.29, 0.717) is 3.57 Å². The summed E-state index contributed by atoms with van der Waals surface area (Å²) in [6, 6.07) is 13.1. The molecule has 2 aromatic carbocycles. The molecule has 1 atom stereocenters. The van der Waals surface area contributed by atoms with Gasteiger partial charge in [0.05, 0.1) is 8.00 Å². The molecule has 10 heteroatoms. The van der Waals surface area contributed by atoms with E-state index >= 15 is 0 Å². The van der Waals surface area contributed by atoms with Crippen molar-refractivity contribution in [2.24, 2.45) is 0 Å². The summed E-state index contributed by atoms with van der Waals surface area (Å²) in [7, 11) is 1.44. The Balaban J connectivity index is 2.08. The number of hydrogen-bond donors (Lipinski definition) is 3. The van der Waals surface area contributed by atoms with Crippen molar-refractivity contribution >= 4 is 63.1 Å². The smallest absolute Gasteiger partial charge is 0.408 e. The molecule has 0 unspecified atom stereocenters. The molecule has 0 aliphatic heterocycles. The van der Waals surface area contributed by atoms with Gasteiger partial charge in [0.1, 0.15) is 18.4 Å². The Morgan fingerprint density at radius 1 is 1.13 bits per heavy atom. The molecule has 0 aromatic heterocycles. The number of alkyl halides is 1. The molecule has 3 amide bonds. The van der Waals surface area contributed by atoms with E-state index in [9.17, 15) is 19.5 Å². The van der Waals surface area contributed by atoms with Crippen molar-refractivity contribution in [3.05, 3.63) is 63.2 Å². The number of hydrazine groups is 1. The minimum absolute atomic E-state index is 0.0609. The summed E-state index contributed by atoms with van der Waals surface area (Å²) in [4.78, 5) is 36.7. The standard InChI is InChI=1S/C20H21I2N3O5/c1-25(18(27)11-21)24-19(28)16(10-14-7-8-17(26)15(22)9-14)23-20(29)30-12-13-5-3-2-4-6-13/h2-9,16,26H,10-12H2,1H3,(H,23,29)(H,24,28)/t16-/m0/s1. The number of benzene rings is 2. The number of amides is 3. The number of phenols is 1. The molecule has 8 nitrogen and oxygen atoms in total. The first-order valence-electron chi connectivity index (χ1n) is 8.87. The molecular weight excluding hydrogens is 616 g/mol. The predicted octanol–water partition coefficient (Wildman–Crippen LogP) is 2.76. The first-order chi connectivity index (χ1) is 14.3. The number of carbonyl (C=O) groups excluding carboxylic acids is 3. The molecule has 2 aromatic rings. The fourth-order valence-electron chi connectivity index (χ4n) is 2.42. The molecule has 3 N–H and O–H groups in total. The number of ether oxygens (including phenoxy) is 1. The van der Waals surface area contributed by atoms with Crippen LogP contribution in [-0.2, 0) is 27.4 Å². The predicted molar refractivity (Wildman–Crippen MR) is 128 cm³/mol. The summed E-state index contributed by atoms with van der Waals surface area (Å²) < 4.78 is 6.02. The van der Waals surface area contributed by atoms with Gasteiger partial charge in [-0.1, -0.05) is 59.0 Å². The summed E-state index contributed by atoms with van der Waals surface area (Å²) in [6.45, 7) is 0.0609. The van der Waals surface area contributed by atoms with Crippen LogP contribution in [-0.4, -0.2) is 45.5 Å². The van der Waals surface area contributed by atoms with Crippen LogP contribution < -0.4 is 10.7 Å². The molecular formula is C20H21I2N3O5. The fourth-order valence-corrected chi connectivity index (χ4v) is 3.52. The maximum absolute atomic E-state index is 12.7. The van der Waals surface area contributed by atoms with E-state index < -0.39 is 18.0 Å². The lowest BCUT2D eigenvalue weighted by Gasteiger charge is -2.23. The van der Waals surface area contributed by atoms with Gasteiger partial charge >= 0.3 is 6.09 Å². The van der Waals surface area contributed by atoms with Crippen molar-refractivity contribution in [3.8, 4) is 5.75 Å². The van der Waals surface area contributed by atoms with E-state index in [1.165, 1.54) is 13.1 Å². The summed E-state index contributed by atoms with van der Waals surface area (Å²) in [5.74, 6) is -0.716. The molecule has 0 saturated heterocycles. The largest absolute Gasteiger partial charge is 0.507 e. The van der Waals surface area contributed by atoms with Crippen molar-refractivity contribution in [1.29, 1.82) is 0 Å². The highest BCUT2D eigenvalue weighted by molar-refractivity contribution is 14.1. The van der Waals surface area contributed by atoms with E-state index in [4.69, 9.17) is 4.74 Å². The minimum Gasteiger partial charge on any atom is -0.507 e. The number of nitrogens with zero attached hydrogens (tertiary/aromatic N) is 1. The fraction of sp³-hybridized carbons (Fsp3) is 0.250. The normalized spacial score (nSPS) is 11.3. The summed E-state index contributed by atoms with van der Waals surface area (Å²) >= 11 is 3.87. The van der Waals surface area contributed by atoms with Gasteiger partial charge in [-0.05, 0) is 45.9 Å². The minimum atomic E-state index is -0.988. The van der Waals surface area contributed by atoms with Gasteiger partial charge in [-0.25, -0.2) is 4.79 Å². The van der Waals surface area contributed by atoms with Crippen molar-refractivity contribution in [2.75, 3.05) is 11.5 Å². The maximum atomic E-state index is 12.7. The highest BCUT2D eigenvalue weighted by Crippen LogP contribution is 2.21. The highest BCUT2D eigenvalue weighted by atomic mass is 127. The molecule has 2 rings (SSSR count). The Morgan fingerprint density at radius 3 is 2.47 bits per heavy atom. The summed E-state index contributed by atoms with van der Waals surface area (Å²) in [6.07, 6.45) is -0.607. The molecule has 160 valence electrons. The Morgan fingerprint density at radius 2 is 1.83 bits per heavy atom. The Hall–Kier alpha value is -2.09. The third kappa shape index (κ3) is 7.63. The van der Waals surface area contributed by atoms with Crippen LogP contribution in [0.2, 0.25) is 0 Å². The van der Waals surface area contributed by atoms with Crippen LogP contribution >= 0.6 is 45.2 Å². The second kappa shape index (κ2) is 11.9. The van der Waals surface area contributed by atoms with Gasteiger partial charge in [-0.2, -0.15) is 0 Å². The molecule has 0 aliphatic rings. The van der Waals surface area contributed by atoms with Crippen molar-refractivity contribution < 1.29 is 24.2 Å². The quantitative estimate of drug-likeness (QED) is 0.246. The van der Waals surface area contributed by atoms with Crippen LogP contribution in [0.4, 0.5) is 4.79 Å². The molecule has 0 bridgehead atoms. The Bertz CT molecular complexity index is 895. The van der Waals surface area contributed by atoms with Crippen LogP contribution in [0.1, 0.15) is 11.1 Å². The number of nitrogens with one attached hydrogen (secondary N) is 2. The topological polar surface area (TPSA) is 108 Å². The Kier molecular flexibility index (Phi) is 9.62. The lowest BCUT2D eigenvalue weighted by Crippen LogP contribution is -2.54. The van der Waals surface area contributed by atoms with Crippen LogP contribution in [0.25, 0.3) is 0 Å². The highest BCUT2D eigenvalue weighted by Gasteiger charge is 2.24. The van der Waals surface area contributed by atoms with E-state index in [0.717, 1.165) is 16.1 Å². The van der Waals surface area contributed by atoms with Gasteiger partial charge in [0, 0.05) is 13.5 Å². The van der Waals surface area contributed by atoms with Crippen LogP contribution in [0.5, 0.6) is 5.75 Å². The average molecular weight is 637 g/mol. The second-order valence-electron chi connectivity index (χ2n) is 6.31. The van der Waals surface area contributed by atoms with E-state index in [2.05, 4.69) is 10.7 Å². The van der Waals surface area contributed by atoms with Crippen LogP contribution in [0.3, 0.4) is 0 Å². The molecule has 0 radical (unpaired) electrons. The van der Waals surface area contributed by atoms with Crippen molar-refractivity contribution in [2.45, 2.75) is 19.1 Å². The molecule has 0 fully saturated rings. The number of carbonyl (C=O) groups is 3. The molecule has 0 saturated carbocycles. The number of rotatable bonds is 7. The molecule has 0 heterocycles. The number of hydrogen-bond acceptors (Lipinski definition) is 5. The number of aromatic hydroxyl groups is 1. The molecule has 30 heavy (non-hydrogen) atoms. The van der Waals surface area contributed by atoms with Gasteiger partial charge in [0.15, 0.2) is 0 Å². The zero-order valence-electron chi connectivity index (χ0n) is 16.1. The average Bonchev–Trinajstić information content (AvgIpc) is 2.74. The number of alkyl carbamates (subject to hydrolysis) is 1. The van der Waals surface area contributed by atoms with E-state index in [-0.39, 0.29) is 29.1 Å². The lowest BCUT2D eigenvalue weighted by molar-refractivity contribution is -0.138. The van der Waals surface area contributed by atoms with Gasteiger partial charge in [-0.15, -0.1) is 0 Å². The van der Waals surface area contributed by atoms with Crippen molar-refractivity contribution in [3.63, 3.8) is 0 Å². The zero-order chi connectivity index (χ0) is 22.1. The zero-order valence-corrected chi connectivity index (χ0v) is 20.4.